The molecule has 2 aromatic rings. The molecule has 1 aromatic carbocycles. The Morgan fingerprint density at radius 1 is 1.12 bits per heavy atom. The number of nitrogens with one attached hydrogen (secondary N) is 1. The second-order valence-electron chi connectivity index (χ2n) is 6.13. The maximum atomic E-state index is 13.0. The Labute approximate surface area is 151 Å². The van der Waals surface area contributed by atoms with Gasteiger partial charge in [-0.2, -0.15) is 0 Å². The van der Waals surface area contributed by atoms with Crippen LogP contribution in [0.5, 0.6) is 0 Å². The predicted molar refractivity (Wildman–Crippen MR) is 102 cm³/mol. The molecule has 1 aromatic heterocycles. The summed E-state index contributed by atoms with van der Waals surface area (Å²) in [5, 5.41) is 2.72. The molecule has 1 fully saturated rings. The number of nitrogens with zero attached hydrogens (tertiary/aromatic N) is 2. The molecule has 0 spiro atoms. The van der Waals surface area contributed by atoms with E-state index in [-0.39, 0.29) is 10.7 Å². The lowest BCUT2D eigenvalue weighted by Gasteiger charge is -2.30. The van der Waals surface area contributed by atoms with Crippen LogP contribution in [0.1, 0.15) is 22.5 Å². The van der Waals surface area contributed by atoms with E-state index in [1.54, 1.807) is 6.08 Å². The number of aromatic nitrogens is 1. The second-order valence-corrected chi connectivity index (χ2v) is 6.52. The number of anilines is 1. The van der Waals surface area contributed by atoms with Crippen LogP contribution in [0.25, 0.3) is 6.08 Å². The molecule has 1 N–H and O–H groups in total. The van der Waals surface area contributed by atoms with E-state index >= 15 is 0 Å². The maximum absolute atomic E-state index is 13.0. The van der Waals surface area contributed by atoms with Crippen molar-refractivity contribution in [2.24, 2.45) is 7.05 Å². The minimum absolute atomic E-state index is 0.0746. The zero-order valence-electron chi connectivity index (χ0n) is 14.6. The first-order chi connectivity index (χ1) is 11.8. The lowest BCUT2D eigenvalue weighted by molar-refractivity contribution is -0.122. The number of thiocarbonyl (C=S) groups is 1. The summed E-state index contributed by atoms with van der Waals surface area (Å²) in [7, 11) is 1.95. The molecule has 0 radical (unpaired) electrons. The molecule has 0 saturated carbocycles. The molecular formula is C19H19N3O2S. The molecule has 0 aliphatic carbocycles. The van der Waals surface area contributed by atoms with Crippen LogP contribution in [0.15, 0.2) is 35.9 Å². The number of carbonyl (C=O) groups excluding carboxylic acids is 2. The third-order valence-electron chi connectivity index (χ3n) is 4.57. The quantitative estimate of drug-likeness (QED) is 0.513. The Bertz CT molecular complexity index is 940. The van der Waals surface area contributed by atoms with Crippen LogP contribution in [-0.4, -0.2) is 21.5 Å². The molecule has 6 heteroatoms. The lowest BCUT2D eigenvalue weighted by Crippen LogP contribution is -2.54. The Morgan fingerprint density at radius 3 is 2.40 bits per heavy atom. The predicted octanol–water partition coefficient (Wildman–Crippen LogP) is 2.78. The fourth-order valence-electron chi connectivity index (χ4n) is 2.88. The first-order valence-electron chi connectivity index (χ1n) is 7.91. The van der Waals surface area contributed by atoms with Crippen molar-refractivity contribution in [2.75, 3.05) is 4.90 Å². The summed E-state index contributed by atoms with van der Waals surface area (Å²) in [5.74, 6) is -0.885. The van der Waals surface area contributed by atoms with E-state index in [9.17, 15) is 9.59 Å². The molecule has 5 nitrogen and oxygen atoms in total. The highest BCUT2D eigenvalue weighted by Gasteiger charge is 2.35. The van der Waals surface area contributed by atoms with Gasteiger partial charge in [-0.1, -0.05) is 18.2 Å². The summed E-state index contributed by atoms with van der Waals surface area (Å²) in [6, 6.07) is 9.39. The van der Waals surface area contributed by atoms with Gasteiger partial charge in [-0.05, 0) is 62.3 Å². The molecule has 128 valence electrons. The van der Waals surface area contributed by atoms with Gasteiger partial charge in [0.25, 0.3) is 11.8 Å². The summed E-state index contributed by atoms with van der Waals surface area (Å²) in [6.07, 6.45) is 1.63. The third-order valence-corrected chi connectivity index (χ3v) is 4.86. The van der Waals surface area contributed by atoms with Crippen LogP contribution in [0.4, 0.5) is 5.69 Å². The molecule has 1 saturated heterocycles. The van der Waals surface area contributed by atoms with Crippen molar-refractivity contribution in [3.8, 4) is 0 Å². The second kappa shape index (κ2) is 6.29. The maximum Gasteiger partial charge on any atom is 0.270 e. The number of para-hydroxylation sites is 1. The van der Waals surface area contributed by atoms with Crippen molar-refractivity contribution in [2.45, 2.75) is 20.8 Å². The van der Waals surface area contributed by atoms with Crippen molar-refractivity contribution >= 4 is 40.9 Å². The van der Waals surface area contributed by atoms with Gasteiger partial charge in [0.05, 0.1) is 5.69 Å². The van der Waals surface area contributed by atoms with Crippen molar-refractivity contribution in [3.63, 3.8) is 0 Å². The Hall–Kier alpha value is -2.73. The van der Waals surface area contributed by atoms with Crippen LogP contribution in [-0.2, 0) is 16.6 Å². The first kappa shape index (κ1) is 17.1. The van der Waals surface area contributed by atoms with E-state index < -0.39 is 11.8 Å². The minimum atomic E-state index is -0.472. The van der Waals surface area contributed by atoms with Gasteiger partial charge in [0.1, 0.15) is 5.57 Å². The van der Waals surface area contributed by atoms with E-state index in [2.05, 4.69) is 5.32 Å². The topological polar surface area (TPSA) is 54.3 Å². The molecule has 3 rings (SSSR count). The first-order valence-corrected chi connectivity index (χ1v) is 8.32. The van der Waals surface area contributed by atoms with E-state index in [1.807, 2.05) is 62.7 Å². The number of carbonyl (C=O) groups is 2. The Balaban J connectivity index is 2.08. The van der Waals surface area contributed by atoms with Gasteiger partial charge in [0.2, 0.25) is 0 Å². The van der Waals surface area contributed by atoms with E-state index in [0.29, 0.717) is 5.69 Å². The van der Waals surface area contributed by atoms with Gasteiger partial charge < -0.3 is 4.57 Å². The van der Waals surface area contributed by atoms with Gasteiger partial charge in [0.15, 0.2) is 5.11 Å². The van der Waals surface area contributed by atoms with Crippen LogP contribution in [0.2, 0.25) is 0 Å². The molecule has 0 unspecified atom stereocenters. The monoisotopic (exact) mass is 353 g/mol. The van der Waals surface area contributed by atoms with Crippen molar-refractivity contribution in [3.05, 3.63) is 58.4 Å². The highest BCUT2D eigenvalue weighted by Crippen LogP contribution is 2.26. The Kier molecular flexibility index (Phi) is 4.30. The zero-order chi connectivity index (χ0) is 18.3. The van der Waals surface area contributed by atoms with Crippen LogP contribution in [0, 0.1) is 20.8 Å². The van der Waals surface area contributed by atoms with Crippen molar-refractivity contribution in [1.82, 2.24) is 9.88 Å². The van der Waals surface area contributed by atoms with Gasteiger partial charge in [-0.15, -0.1) is 0 Å². The van der Waals surface area contributed by atoms with Gasteiger partial charge in [-0.25, -0.2) is 0 Å². The zero-order valence-corrected chi connectivity index (χ0v) is 15.4. The van der Waals surface area contributed by atoms with Crippen molar-refractivity contribution < 1.29 is 9.59 Å². The van der Waals surface area contributed by atoms with Gasteiger partial charge >= 0.3 is 0 Å². The number of benzene rings is 1. The van der Waals surface area contributed by atoms with Gasteiger partial charge in [0, 0.05) is 18.4 Å². The fourth-order valence-corrected chi connectivity index (χ4v) is 3.15. The summed E-state index contributed by atoms with van der Waals surface area (Å²) < 4.78 is 2.02. The Morgan fingerprint density at radius 2 is 1.80 bits per heavy atom. The average molecular weight is 353 g/mol. The highest BCUT2D eigenvalue weighted by atomic mass is 32.1. The molecular weight excluding hydrogens is 334 g/mol. The van der Waals surface area contributed by atoms with Crippen LogP contribution < -0.4 is 10.2 Å². The highest BCUT2D eigenvalue weighted by molar-refractivity contribution is 7.80. The average Bonchev–Trinajstić information content (AvgIpc) is 2.80. The number of hydrogen-bond donors (Lipinski definition) is 1. The summed E-state index contributed by atoms with van der Waals surface area (Å²) in [4.78, 5) is 26.8. The summed E-state index contributed by atoms with van der Waals surface area (Å²) >= 11 is 5.23. The molecule has 0 bridgehead atoms. The smallest absolute Gasteiger partial charge is 0.270 e. The van der Waals surface area contributed by atoms with E-state index in [1.165, 1.54) is 4.90 Å². The third kappa shape index (κ3) is 2.89. The normalized spacial score (nSPS) is 16.6. The molecule has 1 aliphatic heterocycles. The van der Waals surface area contributed by atoms with Gasteiger partial charge in [-0.3, -0.25) is 19.8 Å². The number of hydrogen-bond acceptors (Lipinski definition) is 3. The molecule has 0 atom stereocenters. The standard InChI is InChI=1S/C19H19N3O2S/c1-11-7-5-6-8-16(11)22-18(24)15(17(23)20-19(22)25)10-14-9-12(2)21(4)13(14)3/h5-10H,1-4H3,(H,20,23,25)/b15-10+. The lowest BCUT2D eigenvalue weighted by atomic mass is 10.1. The fraction of sp³-hybridized carbons (Fsp3) is 0.211. The minimum Gasteiger partial charge on any atom is -0.352 e. The number of aryl methyl sites for hydroxylation is 2. The largest absolute Gasteiger partial charge is 0.352 e. The number of amides is 2. The molecule has 2 heterocycles. The van der Waals surface area contributed by atoms with Crippen molar-refractivity contribution in [1.29, 1.82) is 0 Å². The van der Waals surface area contributed by atoms with E-state index in [4.69, 9.17) is 12.2 Å². The summed E-state index contributed by atoms with van der Waals surface area (Å²) in [5.41, 5.74) is 4.53. The molecule has 2 amide bonds. The SMILES string of the molecule is Cc1ccccc1N1C(=O)/C(=C/c2cc(C)n(C)c2C)C(=O)NC1=S. The molecule has 1 aliphatic rings. The van der Waals surface area contributed by atoms with Crippen LogP contribution in [0.3, 0.4) is 0 Å². The molecule has 25 heavy (non-hydrogen) atoms. The number of rotatable bonds is 2. The summed E-state index contributed by atoms with van der Waals surface area (Å²) in [6.45, 7) is 5.83. The van der Waals surface area contributed by atoms with E-state index in [0.717, 1.165) is 22.5 Å². The van der Waals surface area contributed by atoms with Crippen LogP contribution >= 0.6 is 12.2 Å².